The fourth-order valence-corrected chi connectivity index (χ4v) is 15.3. The van der Waals surface area contributed by atoms with Crippen LogP contribution in [0.5, 0.6) is 0 Å². The third-order valence-electron chi connectivity index (χ3n) is 19.2. The fourth-order valence-electron chi connectivity index (χ4n) is 15.3. The van der Waals surface area contributed by atoms with Crippen molar-refractivity contribution in [2.75, 3.05) is 9.80 Å². The lowest BCUT2D eigenvalue weighted by Gasteiger charge is -2.36. The number of hydrogen-bond donors (Lipinski definition) is 0. The normalized spacial score (nSPS) is 16.5. The van der Waals surface area contributed by atoms with E-state index in [1.807, 2.05) is 0 Å². The lowest BCUT2D eigenvalue weighted by molar-refractivity contribution is 0.259. The van der Waals surface area contributed by atoms with E-state index in [0.717, 1.165) is 41.3 Å². The maximum atomic E-state index is 2.74. The molecule has 0 N–H and O–H groups in total. The molecule has 1 fully saturated rings. The van der Waals surface area contributed by atoms with Gasteiger partial charge in [0.05, 0.1) is 12.1 Å². The molecule has 13 aromatic rings. The molecule has 0 aliphatic heterocycles. The van der Waals surface area contributed by atoms with Gasteiger partial charge in [-0.15, -0.1) is 0 Å². The van der Waals surface area contributed by atoms with E-state index < -0.39 is 0 Å². The summed E-state index contributed by atoms with van der Waals surface area (Å²) in [6.45, 7) is 9.48. The number of anilines is 6. The topological polar surface area (TPSA) is 16.3 Å². The number of rotatable bonds is 9. The largest absolute Gasteiger partial charge is 0.335 e. The Bertz CT molecular complexity index is 4650. The van der Waals surface area contributed by atoms with Crippen LogP contribution in [0.4, 0.5) is 34.1 Å². The second kappa shape index (κ2) is 18.6. The van der Waals surface area contributed by atoms with Crippen LogP contribution in [0, 0.1) is 0 Å². The van der Waals surface area contributed by atoms with Gasteiger partial charge in [-0.05, 0) is 166 Å². The van der Waals surface area contributed by atoms with Crippen LogP contribution in [0.1, 0.15) is 87.7 Å². The second-order valence-corrected chi connectivity index (χ2v) is 24.3. The summed E-state index contributed by atoms with van der Waals surface area (Å²) >= 11 is 0. The van der Waals surface area contributed by atoms with Gasteiger partial charge < -0.3 is 18.9 Å². The molecule has 82 heavy (non-hydrogen) atoms. The summed E-state index contributed by atoms with van der Waals surface area (Å²) in [5, 5.41) is 5.15. The summed E-state index contributed by atoms with van der Waals surface area (Å²) in [6.07, 6.45) is 4.57. The molecule has 2 unspecified atom stereocenters. The van der Waals surface area contributed by atoms with Gasteiger partial charge in [0, 0.05) is 88.6 Å². The van der Waals surface area contributed by atoms with Crippen molar-refractivity contribution >= 4 is 77.7 Å². The first kappa shape index (κ1) is 48.5. The summed E-state index contributed by atoms with van der Waals surface area (Å²) < 4.78 is 5.48. The van der Waals surface area contributed by atoms with Crippen molar-refractivity contribution in [3.63, 3.8) is 0 Å². The van der Waals surface area contributed by atoms with Crippen LogP contribution < -0.4 is 9.80 Å². The molecular weight excluding hydrogens is 993 g/mol. The minimum atomic E-state index is -0.110. The van der Waals surface area contributed by atoms with Gasteiger partial charge in [0.25, 0.3) is 0 Å². The van der Waals surface area contributed by atoms with Crippen molar-refractivity contribution in [3.05, 3.63) is 277 Å². The summed E-state index contributed by atoms with van der Waals surface area (Å²) in [7, 11) is 0. The lowest BCUT2D eigenvalue weighted by Crippen LogP contribution is -2.26. The molecule has 2 atom stereocenters. The Balaban J connectivity index is 0.826. The molecule has 396 valence electrons. The van der Waals surface area contributed by atoms with Crippen LogP contribution in [-0.4, -0.2) is 9.13 Å². The number of aromatic nitrogens is 2. The number of para-hydroxylation sites is 3. The third kappa shape index (κ3) is 7.36. The average molecular weight is 1060 g/mol. The van der Waals surface area contributed by atoms with E-state index in [4.69, 9.17) is 0 Å². The second-order valence-electron chi connectivity index (χ2n) is 24.3. The highest BCUT2D eigenvalue weighted by Gasteiger charge is 2.38. The number of benzene rings is 11. The molecule has 4 heteroatoms. The standard InChI is InChI=1S/C78H64N4/c1-77(2)68-30-16-12-26-60(68)64-47-55(40-44-69(64)77)80(54-37-35-52(36-38-54)51-21-7-5-8-22-51)57-42-46-74-66(49-57)63-28-14-18-32-72(63)82(74)76-34-20-19-33-75(76)81-71-31-17-13-27-62(71)65-48-56(41-45-73(65)81)79(53-23-9-6-10-24-53)58-39-43-61-59-25-11-15-29-67(59)78(3,4)70(61)50-58/h5-18,21-32,35-50,75-76H,19-20,33-34H2,1-4H3. The molecule has 2 aromatic heterocycles. The maximum absolute atomic E-state index is 2.74. The molecular formula is C78H64N4. The Hall–Kier alpha value is -9.38. The molecule has 3 aliphatic carbocycles. The van der Waals surface area contributed by atoms with E-state index in [2.05, 4.69) is 301 Å². The van der Waals surface area contributed by atoms with E-state index >= 15 is 0 Å². The molecule has 0 spiro atoms. The summed E-state index contributed by atoms with van der Waals surface area (Å²) in [5.74, 6) is 0. The van der Waals surface area contributed by atoms with Gasteiger partial charge in [0.2, 0.25) is 0 Å². The summed E-state index contributed by atoms with van der Waals surface area (Å²) in [6, 6.07) is 96.4. The molecule has 0 bridgehead atoms. The highest BCUT2D eigenvalue weighted by Crippen LogP contribution is 2.54. The SMILES string of the molecule is CC1(C)c2ccccc2-c2cc(N(c3ccc(-c4ccccc4)cc3)c3ccc4c(c3)c3ccccc3n4C3CCCCC3n3c4ccccc4c4cc(N(c5ccccc5)c5ccc6c(c5)C(C)(C)c5ccccc5-6)ccc43)ccc21. The molecule has 0 saturated heterocycles. The Labute approximate surface area is 480 Å². The quantitative estimate of drug-likeness (QED) is 0.143. The molecule has 0 radical (unpaired) electrons. The average Bonchev–Trinajstić information content (AvgIpc) is 4.27. The van der Waals surface area contributed by atoms with Crippen LogP contribution in [0.2, 0.25) is 0 Å². The van der Waals surface area contributed by atoms with Crippen molar-refractivity contribution < 1.29 is 0 Å². The predicted octanol–water partition coefficient (Wildman–Crippen LogP) is 21.5. The number of nitrogens with zero attached hydrogens (tertiary/aromatic N) is 4. The molecule has 16 rings (SSSR count). The highest BCUT2D eigenvalue weighted by atomic mass is 15.2. The first-order valence-electron chi connectivity index (χ1n) is 29.6. The van der Waals surface area contributed by atoms with Crippen molar-refractivity contribution in [3.8, 4) is 33.4 Å². The van der Waals surface area contributed by atoms with E-state index in [1.165, 1.54) is 118 Å². The summed E-state index contributed by atoms with van der Waals surface area (Å²) in [5.41, 5.74) is 25.1. The highest BCUT2D eigenvalue weighted by molar-refractivity contribution is 6.11. The minimum Gasteiger partial charge on any atom is -0.335 e. The van der Waals surface area contributed by atoms with Gasteiger partial charge >= 0.3 is 0 Å². The minimum absolute atomic E-state index is 0.0783. The van der Waals surface area contributed by atoms with Crippen molar-refractivity contribution in [1.82, 2.24) is 9.13 Å². The van der Waals surface area contributed by atoms with Crippen LogP contribution in [-0.2, 0) is 10.8 Å². The maximum Gasteiger partial charge on any atom is 0.0550 e. The number of fused-ring (bicyclic) bond motifs is 12. The zero-order chi connectivity index (χ0) is 54.8. The smallest absolute Gasteiger partial charge is 0.0550 e. The van der Waals surface area contributed by atoms with Crippen molar-refractivity contribution in [1.29, 1.82) is 0 Å². The Morgan fingerprint density at radius 1 is 0.293 bits per heavy atom. The van der Waals surface area contributed by atoms with E-state index in [9.17, 15) is 0 Å². The van der Waals surface area contributed by atoms with Gasteiger partial charge in [-0.25, -0.2) is 0 Å². The zero-order valence-electron chi connectivity index (χ0n) is 47.0. The fraction of sp³-hybridized carbons (Fsp3) is 0.154. The number of hydrogen-bond acceptors (Lipinski definition) is 2. The van der Waals surface area contributed by atoms with Gasteiger partial charge in [-0.3, -0.25) is 0 Å². The molecule has 3 aliphatic rings. The van der Waals surface area contributed by atoms with Crippen LogP contribution in [0.25, 0.3) is 77.0 Å². The Morgan fingerprint density at radius 3 is 1.28 bits per heavy atom. The Kier molecular flexibility index (Phi) is 11.0. The Morgan fingerprint density at radius 2 is 0.683 bits per heavy atom. The third-order valence-corrected chi connectivity index (χ3v) is 19.2. The van der Waals surface area contributed by atoms with Crippen LogP contribution in [0.3, 0.4) is 0 Å². The van der Waals surface area contributed by atoms with Crippen LogP contribution >= 0.6 is 0 Å². The van der Waals surface area contributed by atoms with E-state index in [0.29, 0.717) is 0 Å². The van der Waals surface area contributed by atoms with Crippen molar-refractivity contribution in [2.24, 2.45) is 0 Å². The van der Waals surface area contributed by atoms with Gasteiger partial charge in [0.1, 0.15) is 0 Å². The monoisotopic (exact) mass is 1060 g/mol. The lowest BCUT2D eigenvalue weighted by atomic mass is 9.82. The molecule has 2 heterocycles. The van der Waals surface area contributed by atoms with Crippen molar-refractivity contribution in [2.45, 2.75) is 76.3 Å². The predicted molar refractivity (Wildman–Crippen MR) is 345 cm³/mol. The summed E-state index contributed by atoms with van der Waals surface area (Å²) in [4.78, 5) is 4.94. The van der Waals surface area contributed by atoms with E-state index in [1.54, 1.807) is 0 Å². The van der Waals surface area contributed by atoms with Gasteiger partial charge in [-0.2, -0.15) is 0 Å². The van der Waals surface area contributed by atoms with Crippen LogP contribution in [0.15, 0.2) is 255 Å². The van der Waals surface area contributed by atoms with Gasteiger partial charge in [0.15, 0.2) is 0 Å². The first-order valence-corrected chi connectivity index (χ1v) is 29.6. The van der Waals surface area contributed by atoms with E-state index in [-0.39, 0.29) is 22.9 Å². The zero-order valence-corrected chi connectivity index (χ0v) is 47.0. The van der Waals surface area contributed by atoms with Gasteiger partial charge in [-0.1, -0.05) is 198 Å². The molecule has 4 nitrogen and oxygen atoms in total. The molecule has 0 amide bonds. The first-order chi connectivity index (χ1) is 40.2. The molecule has 1 saturated carbocycles. The molecule has 11 aromatic carbocycles.